The van der Waals surface area contributed by atoms with Crippen LogP contribution in [0.2, 0.25) is 13.1 Å². The fraction of sp³-hybridized carbons (Fsp3) is 0.526. The summed E-state index contributed by atoms with van der Waals surface area (Å²) in [5.74, 6) is 0.0180. The first-order valence-electron chi connectivity index (χ1n) is 8.52. The molecule has 0 fully saturated rings. The molecule has 1 rings (SSSR count). The third-order valence-corrected chi connectivity index (χ3v) is 7.20. The average molecular weight is 335 g/mol. The molecule has 1 aromatic carbocycles. The second-order valence-electron chi connectivity index (χ2n) is 6.57. The summed E-state index contributed by atoms with van der Waals surface area (Å²) in [6.07, 6.45) is 4.50. The lowest BCUT2D eigenvalue weighted by Gasteiger charge is -2.17. The Bertz CT molecular complexity index is 494. The fourth-order valence-corrected chi connectivity index (χ4v) is 3.55. The molecule has 128 valence electrons. The predicted octanol–water partition coefficient (Wildman–Crippen LogP) is 4.63. The van der Waals surface area contributed by atoms with Gasteiger partial charge in [-0.1, -0.05) is 69.2 Å². The maximum Gasteiger partial charge on any atom is 0.373 e. The number of hydrogen-bond donors (Lipinski definition) is 0. The fourth-order valence-electron chi connectivity index (χ4n) is 2.28. The first-order valence-corrected chi connectivity index (χ1v) is 11.6. The van der Waals surface area contributed by atoms with Gasteiger partial charge in [0.05, 0.1) is 12.2 Å². The van der Waals surface area contributed by atoms with Crippen LogP contribution in [-0.4, -0.2) is 20.7 Å². The molecule has 0 aromatic heterocycles. The monoisotopic (exact) mass is 334 g/mol. The quantitative estimate of drug-likeness (QED) is 0.355. The van der Waals surface area contributed by atoms with Gasteiger partial charge in [0.25, 0.3) is 0 Å². The van der Waals surface area contributed by atoms with Gasteiger partial charge < -0.3 is 0 Å². The van der Waals surface area contributed by atoms with Crippen molar-refractivity contribution in [1.29, 1.82) is 0 Å². The van der Waals surface area contributed by atoms with Gasteiger partial charge in [-0.2, -0.15) is 4.89 Å². The second kappa shape index (κ2) is 9.68. The topological polar surface area (TPSA) is 35.5 Å². The molecule has 4 heteroatoms. The van der Waals surface area contributed by atoms with Crippen molar-refractivity contribution >= 4 is 19.2 Å². The smallest absolute Gasteiger partial charge is 0.293 e. The van der Waals surface area contributed by atoms with Crippen molar-refractivity contribution in [2.75, 3.05) is 6.61 Å². The van der Waals surface area contributed by atoms with Gasteiger partial charge in [0, 0.05) is 0 Å². The van der Waals surface area contributed by atoms with Crippen molar-refractivity contribution in [3.8, 4) is 0 Å². The molecule has 0 aliphatic heterocycles. The van der Waals surface area contributed by atoms with E-state index in [9.17, 15) is 4.79 Å². The second-order valence-corrected chi connectivity index (χ2v) is 11.0. The molecular weight excluding hydrogens is 304 g/mol. The van der Waals surface area contributed by atoms with Crippen molar-refractivity contribution in [3.63, 3.8) is 0 Å². The van der Waals surface area contributed by atoms with Gasteiger partial charge in [-0.15, -0.1) is 6.58 Å². The molecule has 3 nitrogen and oxygen atoms in total. The third kappa shape index (κ3) is 6.32. The minimum Gasteiger partial charge on any atom is -0.293 e. The Balaban J connectivity index is 2.50. The normalized spacial score (nSPS) is 12.7. The van der Waals surface area contributed by atoms with E-state index in [-0.39, 0.29) is 0 Å². The lowest BCUT2D eigenvalue weighted by Crippen LogP contribution is -2.39. The van der Waals surface area contributed by atoms with Crippen molar-refractivity contribution in [3.05, 3.63) is 42.1 Å². The van der Waals surface area contributed by atoms with E-state index in [1.54, 1.807) is 12.1 Å². The summed E-state index contributed by atoms with van der Waals surface area (Å²) in [6.45, 7) is 13.1. The molecule has 23 heavy (non-hydrogen) atoms. The first kappa shape index (κ1) is 19.7. The van der Waals surface area contributed by atoms with Crippen LogP contribution in [0.15, 0.2) is 36.5 Å². The van der Waals surface area contributed by atoms with Crippen LogP contribution in [0.4, 0.5) is 0 Å². The Labute approximate surface area is 141 Å². The van der Waals surface area contributed by atoms with Crippen LogP contribution >= 0.6 is 0 Å². The Kier molecular flexibility index (Phi) is 8.27. The van der Waals surface area contributed by atoms with E-state index >= 15 is 0 Å². The summed E-state index contributed by atoms with van der Waals surface area (Å²) in [7, 11) is -1.59. The summed E-state index contributed by atoms with van der Waals surface area (Å²) in [5, 5.41) is 1.25. The Morgan fingerprint density at radius 3 is 2.43 bits per heavy atom. The van der Waals surface area contributed by atoms with Gasteiger partial charge in [-0.3, -0.25) is 4.89 Å². The van der Waals surface area contributed by atoms with Crippen LogP contribution in [-0.2, 0) is 9.78 Å². The van der Waals surface area contributed by atoms with E-state index in [1.807, 2.05) is 17.8 Å². The highest BCUT2D eigenvalue weighted by molar-refractivity contribution is 6.93. The predicted molar refractivity (Wildman–Crippen MR) is 98.4 cm³/mol. The van der Waals surface area contributed by atoms with E-state index < -0.39 is 14.0 Å². The number of unbranched alkanes of at least 4 members (excludes halogenated alkanes) is 1. The van der Waals surface area contributed by atoms with E-state index in [0.29, 0.717) is 18.1 Å². The minimum absolute atomic E-state index is 0.431. The Morgan fingerprint density at radius 2 is 1.91 bits per heavy atom. The van der Waals surface area contributed by atoms with Gasteiger partial charge in [0.2, 0.25) is 0 Å². The number of hydrogen-bond acceptors (Lipinski definition) is 3. The summed E-state index contributed by atoms with van der Waals surface area (Å²) in [5.41, 5.74) is 2.55. The molecule has 0 radical (unpaired) electrons. The summed E-state index contributed by atoms with van der Waals surface area (Å²) >= 11 is 0. The zero-order chi connectivity index (χ0) is 17.3. The Morgan fingerprint density at radius 1 is 1.26 bits per heavy atom. The molecule has 0 heterocycles. The van der Waals surface area contributed by atoms with Gasteiger partial charge in [-0.25, -0.2) is 4.79 Å². The molecular formula is C19H30O3Si. The summed E-state index contributed by atoms with van der Waals surface area (Å²) < 4.78 is 0. The number of rotatable bonds is 10. The SMILES string of the molecule is C=C[Si](C)(C)c1ccc(C(=O)OOCC(CC)CCCC)cc1. The molecule has 0 N–H and O–H groups in total. The maximum absolute atomic E-state index is 12.0. The van der Waals surface area contributed by atoms with E-state index in [4.69, 9.17) is 9.78 Å². The van der Waals surface area contributed by atoms with Crippen molar-refractivity contribution in [2.24, 2.45) is 5.92 Å². The molecule has 1 unspecified atom stereocenters. The molecule has 0 saturated heterocycles. The zero-order valence-corrected chi connectivity index (χ0v) is 15.9. The van der Waals surface area contributed by atoms with Crippen molar-refractivity contribution < 1.29 is 14.6 Å². The highest BCUT2D eigenvalue weighted by Crippen LogP contribution is 2.13. The van der Waals surface area contributed by atoms with Crippen LogP contribution in [0, 0.1) is 5.92 Å². The lowest BCUT2D eigenvalue weighted by molar-refractivity contribution is -0.249. The first-order chi connectivity index (χ1) is 10.9. The molecule has 0 aliphatic carbocycles. The van der Waals surface area contributed by atoms with Crippen LogP contribution in [0.1, 0.15) is 49.9 Å². The van der Waals surface area contributed by atoms with Gasteiger partial charge in [-0.05, 0) is 24.5 Å². The minimum atomic E-state index is -1.59. The average Bonchev–Trinajstić information content (AvgIpc) is 2.57. The number of carbonyl (C=O) groups is 1. The molecule has 0 saturated carbocycles. The van der Waals surface area contributed by atoms with E-state index in [1.165, 1.54) is 18.0 Å². The number of carbonyl (C=O) groups excluding carboxylic acids is 1. The van der Waals surface area contributed by atoms with Crippen LogP contribution in [0.3, 0.4) is 0 Å². The zero-order valence-electron chi connectivity index (χ0n) is 14.9. The van der Waals surface area contributed by atoms with Crippen LogP contribution in [0.25, 0.3) is 0 Å². The van der Waals surface area contributed by atoms with Gasteiger partial charge >= 0.3 is 5.97 Å². The molecule has 0 spiro atoms. The summed E-state index contributed by atoms with van der Waals surface area (Å²) in [6, 6.07) is 7.57. The molecule has 1 atom stereocenters. The Hall–Kier alpha value is -1.39. The van der Waals surface area contributed by atoms with E-state index in [0.717, 1.165) is 12.8 Å². The largest absolute Gasteiger partial charge is 0.373 e. The third-order valence-electron chi connectivity index (χ3n) is 4.36. The van der Waals surface area contributed by atoms with Crippen LogP contribution in [0.5, 0.6) is 0 Å². The number of benzene rings is 1. The van der Waals surface area contributed by atoms with Gasteiger partial charge in [0.1, 0.15) is 8.07 Å². The van der Waals surface area contributed by atoms with Crippen molar-refractivity contribution in [1.82, 2.24) is 0 Å². The highest BCUT2D eigenvalue weighted by Gasteiger charge is 2.19. The molecule has 1 aromatic rings. The standard InChI is InChI=1S/C19H30O3Si/c1-6-9-10-16(7-2)15-21-22-19(20)17-11-13-18(14-12-17)23(4,5)8-3/h8,11-14,16H,3,6-7,9-10,15H2,1-2,4-5H3. The lowest BCUT2D eigenvalue weighted by atomic mass is 10.0. The van der Waals surface area contributed by atoms with Crippen molar-refractivity contribution in [2.45, 2.75) is 52.6 Å². The highest BCUT2D eigenvalue weighted by atomic mass is 28.3. The molecule has 0 bridgehead atoms. The van der Waals surface area contributed by atoms with E-state index in [2.05, 4.69) is 33.5 Å². The molecule has 0 amide bonds. The summed E-state index contributed by atoms with van der Waals surface area (Å²) in [4.78, 5) is 22.1. The van der Waals surface area contributed by atoms with Gasteiger partial charge in [0.15, 0.2) is 0 Å². The molecule has 0 aliphatic rings. The maximum atomic E-state index is 12.0. The van der Waals surface area contributed by atoms with Crippen LogP contribution < -0.4 is 5.19 Å².